The highest BCUT2D eigenvalue weighted by molar-refractivity contribution is 7.15. The summed E-state index contributed by atoms with van der Waals surface area (Å²) < 4.78 is 0. The highest BCUT2D eigenvalue weighted by Gasteiger charge is 2.16. The number of amides is 1. The molecule has 0 aliphatic rings. The molecule has 2 heterocycles. The number of nitrogens with one attached hydrogen (secondary N) is 1. The Hall–Kier alpha value is -2.15. The van der Waals surface area contributed by atoms with Crippen LogP contribution in [-0.4, -0.2) is 30.0 Å². The van der Waals surface area contributed by atoms with E-state index in [4.69, 9.17) is 23.2 Å². The van der Waals surface area contributed by atoms with Crippen LogP contribution in [0.15, 0.2) is 42.7 Å². The Kier molecular flexibility index (Phi) is 5.76. The monoisotopic (exact) mass is 406 g/mol. The lowest BCUT2D eigenvalue weighted by Gasteiger charge is -2.14. The Morgan fingerprint density at radius 3 is 2.77 bits per heavy atom. The van der Waals surface area contributed by atoms with Crippen LogP contribution in [0.25, 0.3) is 0 Å². The summed E-state index contributed by atoms with van der Waals surface area (Å²) in [4.78, 5) is 23.8. The van der Waals surface area contributed by atoms with Gasteiger partial charge in [-0.15, -0.1) is 11.3 Å². The number of rotatable bonds is 5. The average Bonchev–Trinajstić information content (AvgIpc) is 3.06. The quantitative estimate of drug-likeness (QED) is 0.663. The number of benzene rings is 1. The Balaban J connectivity index is 1.75. The Labute approximate surface area is 165 Å². The molecule has 2 aromatic heterocycles. The maximum absolute atomic E-state index is 12.6. The second-order valence-electron chi connectivity index (χ2n) is 5.74. The summed E-state index contributed by atoms with van der Waals surface area (Å²) in [5.41, 5.74) is 1.41. The van der Waals surface area contributed by atoms with E-state index in [1.807, 2.05) is 26.2 Å². The Morgan fingerprint density at radius 2 is 2.00 bits per heavy atom. The largest absolute Gasteiger partial charge is 0.362 e. The number of nitrogens with zero attached hydrogens (tertiary/aromatic N) is 3. The smallest absolute Gasteiger partial charge is 0.261 e. The van der Waals surface area contributed by atoms with E-state index in [2.05, 4.69) is 15.3 Å². The summed E-state index contributed by atoms with van der Waals surface area (Å²) in [5.74, 6) is 0.357. The van der Waals surface area contributed by atoms with Crippen molar-refractivity contribution in [1.29, 1.82) is 0 Å². The van der Waals surface area contributed by atoms with Gasteiger partial charge in [0.25, 0.3) is 5.91 Å². The first-order chi connectivity index (χ1) is 12.5. The number of aromatic nitrogens is 2. The molecule has 0 spiro atoms. The van der Waals surface area contributed by atoms with Crippen molar-refractivity contribution >= 4 is 51.4 Å². The third kappa shape index (κ3) is 4.15. The maximum Gasteiger partial charge on any atom is 0.261 e. The average molecular weight is 407 g/mol. The summed E-state index contributed by atoms with van der Waals surface area (Å²) in [6.45, 7) is 0. The topological polar surface area (TPSA) is 58.1 Å². The number of pyridine rings is 1. The molecule has 1 N–H and O–H groups in total. The fourth-order valence-corrected chi connectivity index (χ4v) is 3.63. The van der Waals surface area contributed by atoms with Crippen LogP contribution in [0, 0.1) is 0 Å². The molecule has 0 bridgehead atoms. The molecular formula is C18H16Cl2N4OS. The van der Waals surface area contributed by atoms with Gasteiger partial charge in [-0.05, 0) is 23.8 Å². The third-order valence-corrected chi connectivity index (χ3v) is 5.40. The van der Waals surface area contributed by atoms with Gasteiger partial charge in [0.05, 0.1) is 15.6 Å². The zero-order valence-electron chi connectivity index (χ0n) is 14.2. The highest BCUT2D eigenvalue weighted by atomic mass is 35.5. The van der Waals surface area contributed by atoms with Gasteiger partial charge in [-0.25, -0.2) is 9.97 Å². The Morgan fingerprint density at radius 1 is 1.19 bits per heavy atom. The van der Waals surface area contributed by atoms with Gasteiger partial charge in [-0.3, -0.25) is 10.1 Å². The van der Waals surface area contributed by atoms with Gasteiger partial charge in [0.15, 0.2) is 5.13 Å². The van der Waals surface area contributed by atoms with E-state index in [9.17, 15) is 4.79 Å². The fourth-order valence-electron chi connectivity index (χ4n) is 2.41. The van der Waals surface area contributed by atoms with Crippen LogP contribution in [0.1, 0.15) is 20.8 Å². The van der Waals surface area contributed by atoms with E-state index in [-0.39, 0.29) is 5.91 Å². The second-order valence-corrected chi connectivity index (χ2v) is 7.64. The maximum atomic E-state index is 12.6. The molecule has 0 aliphatic heterocycles. The summed E-state index contributed by atoms with van der Waals surface area (Å²) in [6.07, 6.45) is 3.98. The minimum Gasteiger partial charge on any atom is -0.362 e. The molecule has 8 heteroatoms. The normalized spacial score (nSPS) is 10.6. The number of hydrogen-bond acceptors (Lipinski definition) is 5. The van der Waals surface area contributed by atoms with Gasteiger partial charge in [0, 0.05) is 37.8 Å². The van der Waals surface area contributed by atoms with E-state index in [1.165, 1.54) is 11.3 Å². The van der Waals surface area contributed by atoms with Crippen LogP contribution in [0.5, 0.6) is 0 Å². The van der Waals surface area contributed by atoms with Crippen molar-refractivity contribution in [3.8, 4) is 0 Å². The summed E-state index contributed by atoms with van der Waals surface area (Å²) in [7, 11) is 3.69. The van der Waals surface area contributed by atoms with E-state index in [0.29, 0.717) is 33.0 Å². The lowest BCUT2D eigenvalue weighted by Crippen LogP contribution is -2.19. The van der Waals surface area contributed by atoms with Crippen molar-refractivity contribution in [2.24, 2.45) is 0 Å². The molecule has 0 saturated carbocycles. The van der Waals surface area contributed by atoms with Gasteiger partial charge in [-0.1, -0.05) is 35.3 Å². The zero-order valence-corrected chi connectivity index (χ0v) is 16.5. The molecule has 3 rings (SSSR count). The van der Waals surface area contributed by atoms with Crippen molar-refractivity contribution in [3.63, 3.8) is 0 Å². The molecule has 26 heavy (non-hydrogen) atoms. The first-order valence-electron chi connectivity index (χ1n) is 7.77. The summed E-state index contributed by atoms with van der Waals surface area (Å²) in [6, 6.07) is 9.00. The first-order valence-corrected chi connectivity index (χ1v) is 9.34. The predicted molar refractivity (Wildman–Crippen MR) is 108 cm³/mol. The highest BCUT2D eigenvalue weighted by Crippen LogP contribution is 2.29. The van der Waals surface area contributed by atoms with E-state index in [0.717, 1.165) is 10.4 Å². The molecular weight excluding hydrogens is 391 g/mol. The number of carbonyl (C=O) groups is 1. The minimum atomic E-state index is -0.247. The first kappa shape index (κ1) is 18.6. The van der Waals surface area contributed by atoms with E-state index in [1.54, 1.807) is 35.5 Å². The molecule has 0 radical (unpaired) electrons. The van der Waals surface area contributed by atoms with Crippen molar-refractivity contribution in [3.05, 3.63) is 68.8 Å². The van der Waals surface area contributed by atoms with E-state index < -0.39 is 0 Å². The Bertz CT molecular complexity index is 942. The number of anilines is 2. The number of thiazole rings is 1. The van der Waals surface area contributed by atoms with Crippen molar-refractivity contribution in [2.75, 3.05) is 24.3 Å². The van der Waals surface area contributed by atoms with Crippen LogP contribution >= 0.6 is 34.5 Å². The van der Waals surface area contributed by atoms with Gasteiger partial charge in [-0.2, -0.15) is 0 Å². The second kappa shape index (κ2) is 8.03. The third-order valence-electron chi connectivity index (χ3n) is 3.63. The molecule has 0 atom stereocenters. The number of carbonyl (C=O) groups excluding carboxylic acids is 1. The predicted octanol–water partition coefficient (Wildman–Crippen LogP) is 4.75. The molecule has 134 valence electrons. The fraction of sp³-hybridized carbons (Fsp3) is 0.167. The SMILES string of the molecule is CN(C)c1ncccc1C(=O)Nc1ncc(Cc2cccc(Cl)c2Cl)s1. The minimum absolute atomic E-state index is 0.247. The number of hydrogen-bond donors (Lipinski definition) is 1. The van der Waals surface area contributed by atoms with Crippen LogP contribution in [0.4, 0.5) is 10.9 Å². The standard InChI is InChI=1S/C18H16Cl2N4OS/c1-24(2)16-13(6-4-8-21-16)17(25)23-18-22-10-12(26-18)9-11-5-3-7-14(19)15(11)20/h3-8,10H,9H2,1-2H3,(H,22,23,25). The molecule has 0 saturated heterocycles. The van der Waals surface area contributed by atoms with Gasteiger partial charge in [0.1, 0.15) is 5.82 Å². The molecule has 3 aromatic rings. The molecule has 1 amide bonds. The molecule has 0 unspecified atom stereocenters. The lowest BCUT2D eigenvalue weighted by atomic mass is 10.1. The van der Waals surface area contributed by atoms with E-state index >= 15 is 0 Å². The van der Waals surface area contributed by atoms with Gasteiger partial charge < -0.3 is 4.90 Å². The lowest BCUT2D eigenvalue weighted by molar-refractivity contribution is 0.102. The summed E-state index contributed by atoms with van der Waals surface area (Å²) >= 11 is 13.7. The van der Waals surface area contributed by atoms with Crippen molar-refractivity contribution in [2.45, 2.75) is 6.42 Å². The molecule has 5 nitrogen and oxygen atoms in total. The number of halogens is 2. The summed E-state index contributed by atoms with van der Waals surface area (Å²) in [5, 5.41) is 4.42. The van der Waals surface area contributed by atoms with Crippen LogP contribution < -0.4 is 10.2 Å². The zero-order chi connectivity index (χ0) is 18.7. The van der Waals surface area contributed by atoms with Crippen molar-refractivity contribution < 1.29 is 4.79 Å². The molecule has 1 aromatic carbocycles. The van der Waals surface area contributed by atoms with Crippen LogP contribution in [0.2, 0.25) is 10.0 Å². The van der Waals surface area contributed by atoms with Gasteiger partial charge in [0.2, 0.25) is 0 Å². The van der Waals surface area contributed by atoms with Crippen molar-refractivity contribution in [1.82, 2.24) is 9.97 Å². The van der Waals surface area contributed by atoms with Gasteiger partial charge >= 0.3 is 0 Å². The molecule has 0 fully saturated rings. The van der Waals surface area contributed by atoms with Crippen LogP contribution in [0.3, 0.4) is 0 Å². The van der Waals surface area contributed by atoms with Crippen LogP contribution in [-0.2, 0) is 6.42 Å². The molecule has 0 aliphatic carbocycles.